The first-order valence-electron chi connectivity index (χ1n) is 9.81. The van der Waals surface area contributed by atoms with Crippen molar-refractivity contribution < 1.29 is 13.6 Å². The van der Waals surface area contributed by atoms with E-state index in [0.717, 1.165) is 43.3 Å². The molecule has 0 N–H and O–H groups in total. The third-order valence-corrected chi connectivity index (χ3v) is 5.83. The molecule has 0 unspecified atom stereocenters. The van der Waals surface area contributed by atoms with Gasteiger partial charge in [0, 0.05) is 44.2 Å². The average Bonchev–Trinajstić information content (AvgIpc) is 3.38. The van der Waals surface area contributed by atoms with Crippen LogP contribution in [0.4, 0.5) is 0 Å². The molecule has 0 spiro atoms. The minimum absolute atomic E-state index is 0.0639. The number of fused-ring (bicyclic) bond motifs is 2. The van der Waals surface area contributed by atoms with Gasteiger partial charge in [-0.1, -0.05) is 0 Å². The number of nitrogens with zero attached hydrogens (tertiary/aromatic N) is 2. The molecule has 1 aliphatic carbocycles. The highest BCUT2D eigenvalue weighted by molar-refractivity contribution is 5.91. The summed E-state index contributed by atoms with van der Waals surface area (Å²) >= 11 is 0. The molecule has 5 rings (SSSR count). The van der Waals surface area contributed by atoms with Gasteiger partial charge < -0.3 is 13.7 Å². The molecule has 3 aromatic rings. The largest absolute Gasteiger partial charge is 0.459 e. The topological polar surface area (TPSA) is 66.9 Å². The number of hydrogen-bond donors (Lipinski definition) is 0. The lowest BCUT2D eigenvalue weighted by Crippen LogP contribution is -2.48. The zero-order chi connectivity index (χ0) is 19.1. The van der Waals surface area contributed by atoms with Crippen LogP contribution in [0, 0.1) is 0 Å². The van der Waals surface area contributed by atoms with Crippen LogP contribution in [0.2, 0.25) is 0 Å². The molecule has 0 radical (unpaired) electrons. The third kappa shape index (κ3) is 3.14. The first-order chi connectivity index (χ1) is 13.7. The molecular formula is C22H22N2O4. The Bertz CT molecular complexity index is 1080. The molecule has 1 saturated heterocycles. The van der Waals surface area contributed by atoms with Crippen molar-refractivity contribution in [1.29, 1.82) is 0 Å². The highest BCUT2D eigenvalue weighted by Crippen LogP contribution is 2.29. The van der Waals surface area contributed by atoms with E-state index in [0.29, 0.717) is 31.0 Å². The fourth-order valence-electron chi connectivity index (χ4n) is 4.33. The molecule has 2 aromatic heterocycles. The standard InChI is InChI=1S/C22H22N2O4/c25-21-13-17(18-11-15-3-1-4-16(15)12-20(18)28-21)14-23-6-8-24(9-7-23)22(26)19-5-2-10-27-19/h2,5,10-13H,1,3-4,6-9,14H2. The van der Waals surface area contributed by atoms with Gasteiger partial charge in [-0.25, -0.2) is 4.79 Å². The summed E-state index contributed by atoms with van der Waals surface area (Å²) < 4.78 is 10.7. The fourth-order valence-corrected chi connectivity index (χ4v) is 4.33. The summed E-state index contributed by atoms with van der Waals surface area (Å²) in [5.74, 6) is 0.319. The summed E-state index contributed by atoms with van der Waals surface area (Å²) in [5.41, 5.74) is 4.07. The number of carbonyl (C=O) groups is 1. The summed E-state index contributed by atoms with van der Waals surface area (Å²) in [6, 6.07) is 9.29. The minimum Gasteiger partial charge on any atom is -0.459 e. The van der Waals surface area contributed by atoms with Crippen LogP contribution in [-0.4, -0.2) is 41.9 Å². The molecule has 1 fully saturated rings. The molecule has 0 saturated carbocycles. The van der Waals surface area contributed by atoms with Crippen LogP contribution in [0.5, 0.6) is 0 Å². The van der Waals surface area contributed by atoms with Crippen molar-refractivity contribution in [3.05, 3.63) is 69.5 Å². The number of carbonyl (C=O) groups excluding carboxylic acids is 1. The van der Waals surface area contributed by atoms with Gasteiger partial charge in [0.2, 0.25) is 0 Å². The van der Waals surface area contributed by atoms with Gasteiger partial charge in [0.15, 0.2) is 5.76 Å². The van der Waals surface area contributed by atoms with Crippen molar-refractivity contribution >= 4 is 16.9 Å². The average molecular weight is 378 g/mol. The number of piperazine rings is 1. The summed E-state index contributed by atoms with van der Waals surface area (Å²) in [5, 5.41) is 1.04. The van der Waals surface area contributed by atoms with Crippen molar-refractivity contribution in [2.45, 2.75) is 25.8 Å². The molecule has 6 nitrogen and oxygen atoms in total. The van der Waals surface area contributed by atoms with Gasteiger partial charge >= 0.3 is 5.63 Å². The lowest BCUT2D eigenvalue weighted by atomic mass is 10.0. The molecule has 1 amide bonds. The van der Waals surface area contributed by atoms with Crippen molar-refractivity contribution in [2.75, 3.05) is 26.2 Å². The van der Waals surface area contributed by atoms with Gasteiger partial charge in [0.05, 0.1) is 6.26 Å². The molecule has 6 heteroatoms. The maximum atomic E-state index is 12.4. The Hall–Kier alpha value is -2.86. The second-order valence-electron chi connectivity index (χ2n) is 7.61. The zero-order valence-electron chi connectivity index (χ0n) is 15.6. The molecule has 28 heavy (non-hydrogen) atoms. The number of hydrogen-bond acceptors (Lipinski definition) is 5. The first kappa shape index (κ1) is 17.3. The van der Waals surface area contributed by atoms with Gasteiger partial charge in [0.1, 0.15) is 5.58 Å². The molecule has 1 aromatic carbocycles. The Balaban J connectivity index is 1.34. The maximum Gasteiger partial charge on any atom is 0.336 e. The normalized spacial score (nSPS) is 17.2. The number of amides is 1. The SMILES string of the molecule is O=C(c1ccco1)N1CCN(Cc2cc(=O)oc3cc4c(cc23)CCC4)CC1. The second kappa shape index (κ2) is 6.95. The van der Waals surface area contributed by atoms with E-state index < -0.39 is 0 Å². The number of aryl methyl sites for hydroxylation is 2. The van der Waals surface area contributed by atoms with Gasteiger partial charge in [-0.2, -0.15) is 0 Å². The number of rotatable bonds is 3. The third-order valence-electron chi connectivity index (χ3n) is 5.83. The number of benzene rings is 1. The van der Waals surface area contributed by atoms with Gasteiger partial charge in [-0.3, -0.25) is 9.69 Å². The molecular weight excluding hydrogens is 356 g/mol. The highest BCUT2D eigenvalue weighted by atomic mass is 16.4. The predicted octanol–water partition coefficient (Wildman–Crippen LogP) is 2.83. The Morgan fingerprint density at radius 3 is 2.57 bits per heavy atom. The lowest BCUT2D eigenvalue weighted by Gasteiger charge is -2.34. The van der Waals surface area contributed by atoms with Crippen molar-refractivity contribution in [3.63, 3.8) is 0 Å². The van der Waals surface area contributed by atoms with Crippen LogP contribution in [0.15, 0.2) is 50.2 Å². The first-order valence-corrected chi connectivity index (χ1v) is 9.81. The Labute approximate surface area is 162 Å². The predicted molar refractivity (Wildman–Crippen MR) is 104 cm³/mol. The van der Waals surface area contributed by atoms with E-state index in [9.17, 15) is 9.59 Å². The van der Waals surface area contributed by atoms with Gasteiger partial charge in [-0.05, 0) is 60.2 Å². The molecule has 2 aliphatic rings. The zero-order valence-corrected chi connectivity index (χ0v) is 15.6. The Morgan fingerprint density at radius 1 is 1.04 bits per heavy atom. The van der Waals surface area contributed by atoms with E-state index in [1.165, 1.54) is 17.4 Å². The van der Waals surface area contributed by atoms with Crippen LogP contribution < -0.4 is 5.63 Å². The van der Waals surface area contributed by atoms with E-state index >= 15 is 0 Å². The van der Waals surface area contributed by atoms with E-state index in [1.807, 2.05) is 11.0 Å². The lowest BCUT2D eigenvalue weighted by molar-refractivity contribution is 0.0598. The Kier molecular flexibility index (Phi) is 4.28. The number of furan rings is 1. The minimum atomic E-state index is -0.299. The molecule has 0 bridgehead atoms. The fraction of sp³-hybridized carbons (Fsp3) is 0.364. The molecule has 1 aliphatic heterocycles. The van der Waals surface area contributed by atoms with E-state index in [-0.39, 0.29) is 11.5 Å². The smallest absolute Gasteiger partial charge is 0.336 e. The summed E-state index contributed by atoms with van der Waals surface area (Å²) in [6.45, 7) is 3.50. The van der Waals surface area contributed by atoms with Crippen LogP contribution in [0.3, 0.4) is 0 Å². The van der Waals surface area contributed by atoms with Crippen molar-refractivity contribution in [3.8, 4) is 0 Å². The van der Waals surface area contributed by atoms with Crippen molar-refractivity contribution in [2.24, 2.45) is 0 Å². The molecule has 0 atom stereocenters. The molecule has 144 valence electrons. The maximum absolute atomic E-state index is 12.4. The highest BCUT2D eigenvalue weighted by Gasteiger charge is 2.24. The van der Waals surface area contributed by atoms with E-state index in [4.69, 9.17) is 8.83 Å². The van der Waals surface area contributed by atoms with Crippen molar-refractivity contribution in [1.82, 2.24) is 9.80 Å². The monoisotopic (exact) mass is 378 g/mol. The summed E-state index contributed by atoms with van der Waals surface area (Å²) in [4.78, 5) is 28.6. The summed E-state index contributed by atoms with van der Waals surface area (Å²) in [7, 11) is 0. The summed E-state index contributed by atoms with van der Waals surface area (Å²) in [6.07, 6.45) is 4.84. The van der Waals surface area contributed by atoms with E-state index in [1.54, 1.807) is 18.2 Å². The van der Waals surface area contributed by atoms with E-state index in [2.05, 4.69) is 11.0 Å². The Morgan fingerprint density at radius 2 is 1.82 bits per heavy atom. The van der Waals surface area contributed by atoms with Crippen LogP contribution in [0.1, 0.15) is 33.7 Å². The van der Waals surface area contributed by atoms with Crippen LogP contribution in [0.25, 0.3) is 11.0 Å². The molecule has 3 heterocycles. The van der Waals surface area contributed by atoms with Gasteiger partial charge in [-0.15, -0.1) is 0 Å². The van der Waals surface area contributed by atoms with Gasteiger partial charge in [0.25, 0.3) is 5.91 Å². The quantitative estimate of drug-likeness (QED) is 0.656. The second-order valence-corrected chi connectivity index (χ2v) is 7.61. The van der Waals surface area contributed by atoms with Crippen LogP contribution in [-0.2, 0) is 19.4 Å². The van der Waals surface area contributed by atoms with Crippen LogP contribution >= 0.6 is 0 Å².